The van der Waals surface area contributed by atoms with Gasteiger partial charge in [0.05, 0.1) is 12.7 Å². The van der Waals surface area contributed by atoms with E-state index in [9.17, 15) is 4.79 Å². The third-order valence-electron chi connectivity index (χ3n) is 4.71. The minimum absolute atomic E-state index is 0.121. The molecule has 2 aromatic rings. The van der Waals surface area contributed by atoms with Crippen molar-refractivity contribution in [3.8, 4) is 11.8 Å². The molecule has 1 aromatic heterocycles. The van der Waals surface area contributed by atoms with Crippen molar-refractivity contribution in [1.82, 2.24) is 9.88 Å². The Morgan fingerprint density at radius 3 is 2.32 bits per heavy atom. The van der Waals surface area contributed by atoms with Crippen molar-refractivity contribution in [3.63, 3.8) is 0 Å². The van der Waals surface area contributed by atoms with Gasteiger partial charge in [0.15, 0.2) is 0 Å². The Bertz CT molecular complexity index is 814. The third-order valence-corrected chi connectivity index (χ3v) is 4.71. The number of aromatic nitrogens is 1. The van der Waals surface area contributed by atoms with Crippen LogP contribution in [0.25, 0.3) is 0 Å². The molecule has 1 aromatic carbocycles. The van der Waals surface area contributed by atoms with Crippen LogP contribution in [0, 0.1) is 0 Å². The molecule has 1 aliphatic heterocycles. The maximum absolute atomic E-state index is 12.1. The molecule has 1 saturated heterocycles. The molecule has 1 amide bonds. The molecule has 0 atom stereocenters. The van der Waals surface area contributed by atoms with E-state index in [1.54, 1.807) is 11.0 Å². The molecule has 0 radical (unpaired) electrons. The number of benzene rings is 1. The van der Waals surface area contributed by atoms with Crippen molar-refractivity contribution < 1.29 is 23.7 Å². The molecule has 1 aliphatic rings. The molecule has 1 fully saturated rings. The Hall–Kier alpha value is -2.80. The van der Waals surface area contributed by atoms with Crippen molar-refractivity contribution >= 4 is 6.09 Å². The van der Waals surface area contributed by atoms with E-state index in [0.29, 0.717) is 44.7 Å². The quantitative estimate of drug-likeness (QED) is 0.579. The van der Waals surface area contributed by atoms with Crippen molar-refractivity contribution in [1.29, 1.82) is 0 Å². The normalized spacial score (nSPS) is 14.9. The Morgan fingerprint density at radius 1 is 0.968 bits per heavy atom. The fraction of sp³-hybridized carbons (Fsp3) is 0.500. The second-order valence-corrected chi connectivity index (χ2v) is 8.47. The molecule has 2 heterocycles. The molecular weight excluding hydrogens is 396 g/mol. The summed E-state index contributed by atoms with van der Waals surface area (Å²) in [6, 6.07) is 15.4. The average Bonchev–Trinajstić information content (AvgIpc) is 2.76. The molecule has 0 spiro atoms. The van der Waals surface area contributed by atoms with Gasteiger partial charge in [0.1, 0.15) is 18.8 Å². The lowest BCUT2D eigenvalue weighted by Gasteiger charge is -2.33. The molecule has 7 nitrogen and oxygen atoms in total. The van der Waals surface area contributed by atoms with Gasteiger partial charge in [-0.1, -0.05) is 36.4 Å². The summed E-state index contributed by atoms with van der Waals surface area (Å²) in [6.45, 7) is 8.24. The number of carbonyl (C=O) groups is 1. The van der Waals surface area contributed by atoms with E-state index in [4.69, 9.17) is 18.9 Å². The van der Waals surface area contributed by atoms with Gasteiger partial charge in [0, 0.05) is 25.2 Å². The molecule has 168 valence electrons. The number of hydrogen-bond donors (Lipinski definition) is 0. The summed E-state index contributed by atoms with van der Waals surface area (Å²) in [6.07, 6.45) is 1.45. The Labute approximate surface area is 184 Å². The Balaban J connectivity index is 1.33. The second-order valence-electron chi connectivity index (χ2n) is 8.47. The number of nitrogens with zero attached hydrogens (tertiary/aromatic N) is 2. The average molecular weight is 429 g/mol. The zero-order valence-electron chi connectivity index (χ0n) is 18.6. The number of likely N-dealkylation sites (tertiary alicyclic amines) is 1. The highest BCUT2D eigenvalue weighted by Crippen LogP contribution is 2.18. The first-order valence-electron chi connectivity index (χ1n) is 10.8. The van der Waals surface area contributed by atoms with Crippen LogP contribution in [0.4, 0.5) is 4.79 Å². The van der Waals surface area contributed by atoms with Crippen LogP contribution in [0.1, 0.15) is 39.2 Å². The van der Waals surface area contributed by atoms with E-state index in [0.717, 1.165) is 18.4 Å². The molecule has 3 rings (SSSR count). The zero-order chi connectivity index (χ0) is 22.1. The molecule has 0 bridgehead atoms. The SMILES string of the molecule is CC(C)(C)OC(=O)N1CCC(OCCOc2cccc(OCc3ccccc3)n2)CC1. The molecule has 7 heteroatoms. The fourth-order valence-electron chi connectivity index (χ4n) is 3.18. The first-order chi connectivity index (χ1) is 14.9. The van der Waals surface area contributed by atoms with Crippen molar-refractivity contribution in [3.05, 3.63) is 54.1 Å². The van der Waals surface area contributed by atoms with Crippen LogP contribution >= 0.6 is 0 Å². The molecule has 31 heavy (non-hydrogen) atoms. The zero-order valence-corrected chi connectivity index (χ0v) is 18.6. The van der Waals surface area contributed by atoms with Crippen LogP contribution < -0.4 is 9.47 Å². The Kier molecular flexibility index (Phi) is 8.12. The minimum atomic E-state index is -0.473. The summed E-state index contributed by atoms with van der Waals surface area (Å²) >= 11 is 0. The molecular formula is C24H32N2O5. The van der Waals surface area contributed by atoms with E-state index in [1.165, 1.54) is 0 Å². The summed E-state index contributed by atoms with van der Waals surface area (Å²) in [5, 5.41) is 0. The summed E-state index contributed by atoms with van der Waals surface area (Å²) < 4.78 is 22.8. The van der Waals surface area contributed by atoms with Crippen LogP contribution in [0.2, 0.25) is 0 Å². The first kappa shape index (κ1) is 22.9. The van der Waals surface area contributed by atoms with Crippen LogP contribution in [-0.2, 0) is 16.1 Å². The van der Waals surface area contributed by atoms with Crippen molar-refractivity contribution in [2.75, 3.05) is 26.3 Å². The third kappa shape index (κ3) is 8.09. The lowest BCUT2D eigenvalue weighted by molar-refractivity contribution is -0.0180. The van der Waals surface area contributed by atoms with Crippen LogP contribution in [0.5, 0.6) is 11.8 Å². The van der Waals surface area contributed by atoms with Gasteiger partial charge in [-0.05, 0) is 39.2 Å². The second kappa shape index (κ2) is 11.0. The molecule has 0 saturated carbocycles. The number of piperidine rings is 1. The number of carbonyl (C=O) groups excluding carboxylic acids is 1. The maximum atomic E-state index is 12.1. The maximum Gasteiger partial charge on any atom is 0.410 e. The highest BCUT2D eigenvalue weighted by Gasteiger charge is 2.27. The monoisotopic (exact) mass is 428 g/mol. The smallest absolute Gasteiger partial charge is 0.410 e. The molecule has 0 unspecified atom stereocenters. The van der Waals surface area contributed by atoms with Gasteiger partial charge in [-0.15, -0.1) is 0 Å². The van der Waals surface area contributed by atoms with Crippen LogP contribution in [-0.4, -0.2) is 54.0 Å². The van der Waals surface area contributed by atoms with Gasteiger partial charge in [0.2, 0.25) is 11.8 Å². The number of amides is 1. The Morgan fingerprint density at radius 2 is 1.65 bits per heavy atom. The number of rotatable bonds is 8. The van der Waals surface area contributed by atoms with Crippen molar-refractivity contribution in [2.24, 2.45) is 0 Å². The summed E-state index contributed by atoms with van der Waals surface area (Å²) in [7, 11) is 0. The largest absolute Gasteiger partial charge is 0.475 e. The summed E-state index contributed by atoms with van der Waals surface area (Å²) in [5.41, 5.74) is 0.612. The number of ether oxygens (including phenoxy) is 4. The lowest BCUT2D eigenvalue weighted by atomic mass is 10.1. The fourth-order valence-corrected chi connectivity index (χ4v) is 3.18. The van der Waals surface area contributed by atoms with E-state index in [1.807, 2.05) is 63.2 Å². The highest BCUT2D eigenvalue weighted by molar-refractivity contribution is 5.68. The van der Waals surface area contributed by atoms with E-state index in [2.05, 4.69) is 4.98 Å². The first-order valence-corrected chi connectivity index (χ1v) is 10.8. The minimum Gasteiger partial charge on any atom is -0.475 e. The topological polar surface area (TPSA) is 70.1 Å². The number of hydrogen-bond acceptors (Lipinski definition) is 6. The lowest BCUT2D eigenvalue weighted by Crippen LogP contribution is -2.43. The molecule has 0 aliphatic carbocycles. The predicted octanol–water partition coefficient (Wildman–Crippen LogP) is 4.46. The van der Waals surface area contributed by atoms with Gasteiger partial charge in [-0.2, -0.15) is 4.98 Å². The van der Waals surface area contributed by atoms with E-state index >= 15 is 0 Å². The molecule has 0 N–H and O–H groups in total. The van der Waals surface area contributed by atoms with Crippen molar-refractivity contribution in [2.45, 2.75) is 51.9 Å². The summed E-state index contributed by atoms with van der Waals surface area (Å²) in [5.74, 6) is 1.03. The van der Waals surface area contributed by atoms with Gasteiger partial charge < -0.3 is 23.8 Å². The highest BCUT2D eigenvalue weighted by atomic mass is 16.6. The predicted molar refractivity (Wildman–Crippen MR) is 117 cm³/mol. The van der Waals surface area contributed by atoms with Gasteiger partial charge >= 0.3 is 6.09 Å². The summed E-state index contributed by atoms with van der Waals surface area (Å²) in [4.78, 5) is 18.2. The number of pyridine rings is 1. The van der Waals surface area contributed by atoms with E-state index in [-0.39, 0.29) is 12.2 Å². The van der Waals surface area contributed by atoms with Gasteiger partial charge in [-0.3, -0.25) is 0 Å². The van der Waals surface area contributed by atoms with Crippen LogP contribution in [0.15, 0.2) is 48.5 Å². The van der Waals surface area contributed by atoms with Gasteiger partial charge in [0.25, 0.3) is 0 Å². The standard InChI is InChI=1S/C24H32N2O5/c1-24(2,3)31-23(27)26-14-12-20(13-15-26)28-16-17-29-21-10-7-11-22(25-21)30-18-19-8-5-4-6-9-19/h4-11,20H,12-18H2,1-3H3. The van der Waals surface area contributed by atoms with Crippen LogP contribution in [0.3, 0.4) is 0 Å². The van der Waals surface area contributed by atoms with Gasteiger partial charge in [-0.25, -0.2) is 4.79 Å². The van der Waals surface area contributed by atoms with E-state index < -0.39 is 5.60 Å².